The van der Waals surface area contributed by atoms with Gasteiger partial charge in [0, 0.05) is 18.2 Å². The number of rotatable bonds is 5. The van der Waals surface area contributed by atoms with E-state index in [2.05, 4.69) is 15.4 Å². The van der Waals surface area contributed by atoms with Crippen LogP contribution < -0.4 is 15.4 Å². The predicted octanol–water partition coefficient (Wildman–Crippen LogP) is 0.675. The van der Waals surface area contributed by atoms with E-state index in [0.29, 0.717) is 12.1 Å². The van der Waals surface area contributed by atoms with Crippen LogP contribution >= 0.6 is 0 Å². The van der Waals surface area contributed by atoms with Crippen LogP contribution in [0.1, 0.15) is 19.3 Å². The van der Waals surface area contributed by atoms with Gasteiger partial charge in [0.25, 0.3) is 0 Å². The summed E-state index contributed by atoms with van der Waals surface area (Å²) in [5.74, 6) is -0.108. The zero-order chi connectivity index (χ0) is 14.6. The van der Waals surface area contributed by atoms with Crippen molar-refractivity contribution in [3.8, 4) is 0 Å². The van der Waals surface area contributed by atoms with Gasteiger partial charge in [0.05, 0.1) is 4.90 Å². The largest absolute Gasteiger partial charge is 0.326 e. The van der Waals surface area contributed by atoms with Gasteiger partial charge in [-0.3, -0.25) is 4.79 Å². The minimum absolute atomic E-state index is 0.108. The van der Waals surface area contributed by atoms with E-state index in [4.69, 9.17) is 0 Å². The fourth-order valence-electron chi connectivity index (χ4n) is 2.23. The summed E-state index contributed by atoms with van der Waals surface area (Å²) >= 11 is 0. The lowest BCUT2D eigenvalue weighted by Gasteiger charge is -2.11. The van der Waals surface area contributed by atoms with Gasteiger partial charge in [-0.2, -0.15) is 0 Å². The Bertz CT molecular complexity index is 580. The first-order valence-corrected chi connectivity index (χ1v) is 8.06. The second-order valence-electron chi connectivity index (χ2n) is 4.78. The second-order valence-corrected chi connectivity index (χ2v) is 6.67. The molecule has 0 aromatic heterocycles. The molecule has 1 amide bonds. The predicted molar refractivity (Wildman–Crippen MR) is 77.0 cm³/mol. The van der Waals surface area contributed by atoms with Gasteiger partial charge in [0.15, 0.2) is 0 Å². The number of carbonyl (C=O) groups excluding carboxylic acids is 1. The first-order valence-electron chi connectivity index (χ1n) is 6.58. The van der Waals surface area contributed by atoms with Gasteiger partial charge in [0.2, 0.25) is 15.9 Å². The number of benzene rings is 1. The molecule has 6 nitrogen and oxygen atoms in total. The van der Waals surface area contributed by atoms with Crippen LogP contribution in [-0.4, -0.2) is 34.0 Å². The van der Waals surface area contributed by atoms with Crippen molar-refractivity contribution in [3.63, 3.8) is 0 Å². The lowest BCUT2D eigenvalue weighted by atomic mass is 10.1. The van der Waals surface area contributed by atoms with E-state index in [1.54, 1.807) is 12.1 Å². The quantitative estimate of drug-likeness (QED) is 0.745. The molecule has 1 fully saturated rings. The number of nitrogens with one attached hydrogen (secondary N) is 3. The van der Waals surface area contributed by atoms with E-state index in [1.807, 2.05) is 0 Å². The maximum Gasteiger partial charge on any atom is 0.240 e. The van der Waals surface area contributed by atoms with Crippen molar-refractivity contribution in [2.45, 2.75) is 30.2 Å². The molecule has 1 atom stereocenters. The van der Waals surface area contributed by atoms with Crippen LogP contribution in [0, 0.1) is 0 Å². The third kappa shape index (κ3) is 3.78. The number of hydrogen-bond acceptors (Lipinski definition) is 4. The lowest BCUT2D eigenvalue weighted by molar-refractivity contribution is -0.116. The Morgan fingerprint density at radius 1 is 1.45 bits per heavy atom. The number of sulfonamides is 1. The zero-order valence-electron chi connectivity index (χ0n) is 11.3. The summed E-state index contributed by atoms with van der Waals surface area (Å²) < 4.78 is 25.6. The number of amides is 1. The van der Waals surface area contributed by atoms with Gasteiger partial charge >= 0.3 is 0 Å². The molecule has 0 radical (unpaired) electrons. The topological polar surface area (TPSA) is 87.3 Å². The summed E-state index contributed by atoms with van der Waals surface area (Å²) in [5.41, 5.74) is 0.490. The highest BCUT2D eigenvalue weighted by Crippen LogP contribution is 2.16. The van der Waals surface area contributed by atoms with Crippen LogP contribution in [0.15, 0.2) is 29.2 Å². The Labute approximate surface area is 119 Å². The first-order chi connectivity index (χ1) is 9.51. The van der Waals surface area contributed by atoms with Crippen LogP contribution in [0.4, 0.5) is 5.69 Å². The summed E-state index contributed by atoms with van der Waals surface area (Å²) in [5, 5.41) is 5.99. The van der Waals surface area contributed by atoms with Gasteiger partial charge in [0.1, 0.15) is 0 Å². The van der Waals surface area contributed by atoms with E-state index < -0.39 is 10.0 Å². The third-order valence-electron chi connectivity index (χ3n) is 3.29. The van der Waals surface area contributed by atoms with Crippen molar-refractivity contribution in [2.24, 2.45) is 0 Å². The molecule has 110 valence electrons. The lowest BCUT2D eigenvalue weighted by Crippen LogP contribution is -2.27. The van der Waals surface area contributed by atoms with E-state index in [1.165, 1.54) is 19.2 Å². The minimum Gasteiger partial charge on any atom is -0.326 e. The fourth-order valence-corrected chi connectivity index (χ4v) is 3.00. The smallest absolute Gasteiger partial charge is 0.240 e. The van der Waals surface area contributed by atoms with E-state index in [0.717, 1.165) is 19.4 Å². The number of carbonyl (C=O) groups is 1. The Balaban J connectivity index is 2.02. The molecular formula is C13H19N3O3S. The highest BCUT2D eigenvalue weighted by Gasteiger charge is 2.18. The SMILES string of the molecule is CNS(=O)(=O)c1cccc(NC(=O)CC2CCCN2)c1. The van der Waals surface area contributed by atoms with Gasteiger partial charge in [-0.05, 0) is 44.6 Å². The molecule has 3 N–H and O–H groups in total. The minimum atomic E-state index is -3.49. The molecule has 0 saturated carbocycles. The van der Waals surface area contributed by atoms with Crippen LogP contribution in [0.3, 0.4) is 0 Å². The van der Waals surface area contributed by atoms with E-state index in [-0.39, 0.29) is 16.8 Å². The molecular weight excluding hydrogens is 278 g/mol. The van der Waals surface area contributed by atoms with Crippen molar-refractivity contribution >= 4 is 21.6 Å². The molecule has 20 heavy (non-hydrogen) atoms. The van der Waals surface area contributed by atoms with Crippen molar-refractivity contribution in [2.75, 3.05) is 18.9 Å². The number of anilines is 1. The van der Waals surface area contributed by atoms with Gasteiger partial charge < -0.3 is 10.6 Å². The molecule has 0 spiro atoms. The van der Waals surface area contributed by atoms with Gasteiger partial charge in [-0.25, -0.2) is 13.1 Å². The molecule has 1 aliphatic rings. The molecule has 1 heterocycles. The van der Waals surface area contributed by atoms with E-state index >= 15 is 0 Å². The summed E-state index contributed by atoms with van der Waals surface area (Å²) in [6.07, 6.45) is 2.50. The van der Waals surface area contributed by atoms with Crippen LogP contribution in [0.25, 0.3) is 0 Å². The molecule has 1 aromatic carbocycles. The summed E-state index contributed by atoms with van der Waals surface area (Å²) in [6.45, 7) is 0.952. The molecule has 1 saturated heterocycles. The average molecular weight is 297 g/mol. The van der Waals surface area contributed by atoms with Crippen molar-refractivity contribution < 1.29 is 13.2 Å². The molecule has 7 heteroatoms. The maximum absolute atomic E-state index is 11.9. The van der Waals surface area contributed by atoms with Gasteiger partial charge in [-0.15, -0.1) is 0 Å². The Kier molecular flexibility index (Phi) is 4.74. The molecule has 0 bridgehead atoms. The van der Waals surface area contributed by atoms with Crippen molar-refractivity contribution in [1.82, 2.24) is 10.0 Å². The molecule has 0 aliphatic carbocycles. The monoisotopic (exact) mass is 297 g/mol. The zero-order valence-corrected chi connectivity index (χ0v) is 12.2. The highest BCUT2D eigenvalue weighted by molar-refractivity contribution is 7.89. The summed E-state index contributed by atoms with van der Waals surface area (Å²) in [4.78, 5) is 12.0. The van der Waals surface area contributed by atoms with E-state index in [9.17, 15) is 13.2 Å². The molecule has 1 aliphatic heterocycles. The van der Waals surface area contributed by atoms with Crippen LogP contribution in [0.2, 0.25) is 0 Å². The van der Waals surface area contributed by atoms with Crippen molar-refractivity contribution in [3.05, 3.63) is 24.3 Å². The van der Waals surface area contributed by atoms with Gasteiger partial charge in [-0.1, -0.05) is 6.07 Å². The standard InChI is InChI=1S/C13H19N3O3S/c1-14-20(18,19)12-6-2-4-11(8-12)16-13(17)9-10-5-3-7-15-10/h2,4,6,8,10,14-15H,3,5,7,9H2,1H3,(H,16,17). The molecule has 2 rings (SSSR count). The molecule has 1 unspecified atom stereocenters. The fraction of sp³-hybridized carbons (Fsp3) is 0.462. The van der Waals surface area contributed by atoms with Crippen LogP contribution in [-0.2, 0) is 14.8 Å². The Hall–Kier alpha value is -1.44. The molecule has 1 aromatic rings. The number of hydrogen-bond donors (Lipinski definition) is 3. The normalized spacial score (nSPS) is 18.9. The maximum atomic E-state index is 11.9. The average Bonchev–Trinajstić information content (AvgIpc) is 2.91. The summed E-state index contributed by atoms with van der Waals surface area (Å²) in [7, 11) is -2.14. The third-order valence-corrected chi connectivity index (χ3v) is 4.70. The first kappa shape index (κ1) is 15.0. The summed E-state index contributed by atoms with van der Waals surface area (Å²) in [6, 6.07) is 6.44. The second kappa shape index (κ2) is 6.34. The Morgan fingerprint density at radius 3 is 2.90 bits per heavy atom. The van der Waals surface area contributed by atoms with Crippen molar-refractivity contribution in [1.29, 1.82) is 0 Å². The Morgan fingerprint density at radius 2 is 2.25 bits per heavy atom. The highest BCUT2D eigenvalue weighted by atomic mass is 32.2. The van der Waals surface area contributed by atoms with Crippen LogP contribution in [0.5, 0.6) is 0 Å².